The lowest BCUT2D eigenvalue weighted by molar-refractivity contribution is -0.117. The third-order valence-electron chi connectivity index (χ3n) is 2.96. The average Bonchev–Trinajstić information content (AvgIpc) is 2.56. The van der Waals surface area contributed by atoms with E-state index in [-0.39, 0.29) is 5.57 Å². The lowest BCUT2D eigenvalue weighted by Gasteiger charge is -2.06. The van der Waals surface area contributed by atoms with Crippen LogP contribution in [0, 0.1) is 11.3 Å². The van der Waals surface area contributed by atoms with Gasteiger partial charge in [-0.15, -0.1) is 0 Å². The number of nitriles is 1. The first kappa shape index (κ1) is 17.1. The molecule has 2 aromatic carbocycles. The van der Waals surface area contributed by atoms with Crippen molar-refractivity contribution in [2.75, 3.05) is 5.32 Å². The van der Waals surface area contributed by atoms with Crippen molar-refractivity contribution in [2.45, 2.75) is 6.54 Å². The molecule has 0 radical (unpaired) electrons. The van der Waals surface area contributed by atoms with Crippen LogP contribution in [-0.4, -0.2) is 5.91 Å². The van der Waals surface area contributed by atoms with Crippen molar-refractivity contribution in [3.63, 3.8) is 0 Å². The number of hydrogen-bond donors (Lipinski definition) is 2. The second kappa shape index (κ2) is 8.37. The van der Waals surface area contributed by atoms with Gasteiger partial charge in [-0.3, -0.25) is 4.79 Å². The third-order valence-corrected chi connectivity index (χ3v) is 3.74. The van der Waals surface area contributed by atoms with E-state index in [9.17, 15) is 4.79 Å². The molecular formula is C17H13BrClN3O. The molecule has 2 aromatic rings. The Morgan fingerprint density at radius 2 is 1.83 bits per heavy atom. The van der Waals surface area contributed by atoms with Crippen LogP contribution in [0.15, 0.2) is 64.8 Å². The van der Waals surface area contributed by atoms with Gasteiger partial charge in [0.1, 0.15) is 11.6 Å². The fraction of sp³-hybridized carbons (Fsp3) is 0.0588. The van der Waals surface area contributed by atoms with Crippen LogP contribution in [0.3, 0.4) is 0 Å². The standard InChI is InChI=1S/C17H13BrClN3O/c18-14-3-7-16(8-4-14)21-11-13(9-20)17(23)22-10-12-1-5-15(19)6-2-12/h1-8,11,21H,10H2,(H,22,23)/b13-11-. The van der Waals surface area contributed by atoms with Crippen molar-refractivity contribution in [1.82, 2.24) is 5.32 Å². The van der Waals surface area contributed by atoms with E-state index in [2.05, 4.69) is 26.6 Å². The Morgan fingerprint density at radius 3 is 2.43 bits per heavy atom. The Labute approximate surface area is 147 Å². The van der Waals surface area contributed by atoms with Gasteiger partial charge in [-0.25, -0.2) is 0 Å². The van der Waals surface area contributed by atoms with E-state index < -0.39 is 5.91 Å². The Kier molecular flexibility index (Phi) is 6.21. The second-order valence-electron chi connectivity index (χ2n) is 4.63. The van der Waals surface area contributed by atoms with E-state index in [1.165, 1.54) is 6.20 Å². The van der Waals surface area contributed by atoms with Gasteiger partial charge in [-0.1, -0.05) is 39.7 Å². The van der Waals surface area contributed by atoms with Crippen LogP contribution in [-0.2, 0) is 11.3 Å². The summed E-state index contributed by atoms with van der Waals surface area (Å²) in [5.41, 5.74) is 1.69. The van der Waals surface area contributed by atoms with E-state index in [1.54, 1.807) is 12.1 Å². The molecule has 23 heavy (non-hydrogen) atoms. The van der Waals surface area contributed by atoms with E-state index in [4.69, 9.17) is 16.9 Å². The quantitative estimate of drug-likeness (QED) is 0.593. The van der Waals surface area contributed by atoms with Crippen LogP contribution in [0.2, 0.25) is 5.02 Å². The zero-order valence-corrected chi connectivity index (χ0v) is 14.4. The summed E-state index contributed by atoms with van der Waals surface area (Å²) in [4.78, 5) is 12.0. The first-order valence-electron chi connectivity index (χ1n) is 6.73. The number of nitrogens with zero attached hydrogens (tertiary/aromatic N) is 1. The minimum Gasteiger partial charge on any atom is -0.360 e. The molecule has 0 aliphatic heterocycles. The van der Waals surface area contributed by atoms with Crippen molar-refractivity contribution in [2.24, 2.45) is 0 Å². The highest BCUT2D eigenvalue weighted by Gasteiger charge is 2.08. The smallest absolute Gasteiger partial charge is 0.263 e. The van der Waals surface area contributed by atoms with Crippen LogP contribution in [0.25, 0.3) is 0 Å². The van der Waals surface area contributed by atoms with Crippen LogP contribution < -0.4 is 10.6 Å². The van der Waals surface area contributed by atoms with Gasteiger partial charge in [0.05, 0.1) is 0 Å². The van der Waals surface area contributed by atoms with Gasteiger partial charge < -0.3 is 10.6 Å². The number of amides is 1. The molecular weight excluding hydrogens is 378 g/mol. The molecule has 0 unspecified atom stereocenters. The maximum Gasteiger partial charge on any atom is 0.263 e. The summed E-state index contributed by atoms with van der Waals surface area (Å²) in [6.07, 6.45) is 1.39. The molecule has 2 N–H and O–H groups in total. The van der Waals surface area contributed by atoms with Crippen LogP contribution in [0.4, 0.5) is 5.69 Å². The summed E-state index contributed by atoms with van der Waals surface area (Å²) < 4.78 is 0.952. The Balaban J connectivity index is 1.95. The molecule has 0 saturated carbocycles. The van der Waals surface area contributed by atoms with Crippen LogP contribution in [0.1, 0.15) is 5.56 Å². The van der Waals surface area contributed by atoms with Gasteiger partial charge in [-0.2, -0.15) is 5.26 Å². The fourth-order valence-corrected chi connectivity index (χ4v) is 2.12. The molecule has 0 spiro atoms. The van der Waals surface area contributed by atoms with Crippen molar-refractivity contribution in [3.05, 3.63) is 75.4 Å². The molecule has 0 atom stereocenters. The number of benzene rings is 2. The number of hydrogen-bond acceptors (Lipinski definition) is 3. The van der Waals surface area contributed by atoms with E-state index in [1.807, 2.05) is 42.5 Å². The SMILES string of the molecule is N#C/C(=C/Nc1ccc(Br)cc1)C(=O)NCc1ccc(Cl)cc1. The van der Waals surface area contributed by atoms with Gasteiger partial charge in [0.2, 0.25) is 0 Å². The topological polar surface area (TPSA) is 64.9 Å². The third kappa shape index (κ3) is 5.44. The van der Waals surface area contributed by atoms with Crippen LogP contribution in [0.5, 0.6) is 0 Å². The predicted octanol–water partition coefficient (Wildman–Crippen LogP) is 4.24. The lowest BCUT2D eigenvalue weighted by atomic mass is 10.2. The molecule has 0 saturated heterocycles. The minimum atomic E-state index is -0.438. The Hall–Kier alpha value is -2.29. The predicted molar refractivity (Wildman–Crippen MR) is 94.8 cm³/mol. The lowest BCUT2D eigenvalue weighted by Crippen LogP contribution is -2.24. The second-order valence-corrected chi connectivity index (χ2v) is 5.98. The summed E-state index contributed by atoms with van der Waals surface area (Å²) in [5, 5.41) is 15.4. The molecule has 0 fully saturated rings. The molecule has 0 heterocycles. The number of nitrogens with one attached hydrogen (secondary N) is 2. The number of rotatable bonds is 5. The van der Waals surface area contributed by atoms with Crippen molar-refractivity contribution in [1.29, 1.82) is 5.26 Å². The van der Waals surface area contributed by atoms with Gasteiger partial charge in [-0.05, 0) is 42.0 Å². The van der Waals surface area contributed by atoms with E-state index in [0.717, 1.165) is 15.7 Å². The molecule has 116 valence electrons. The monoisotopic (exact) mass is 389 g/mol. The number of carbonyl (C=O) groups excluding carboxylic acids is 1. The van der Waals surface area contributed by atoms with Crippen molar-refractivity contribution >= 4 is 39.1 Å². The zero-order valence-electron chi connectivity index (χ0n) is 12.0. The molecule has 0 aliphatic rings. The Morgan fingerprint density at radius 1 is 1.17 bits per heavy atom. The van der Waals surface area contributed by atoms with Crippen LogP contribution >= 0.6 is 27.5 Å². The summed E-state index contributed by atoms with van der Waals surface area (Å²) in [6.45, 7) is 0.327. The fourth-order valence-electron chi connectivity index (χ4n) is 1.73. The highest BCUT2D eigenvalue weighted by Crippen LogP contribution is 2.14. The highest BCUT2D eigenvalue weighted by molar-refractivity contribution is 9.10. The molecule has 1 amide bonds. The summed E-state index contributed by atoms with van der Waals surface area (Å²) >= 11 is 9.15. The van der Waals surface area contributed by atoms with E-state index >= 15 is 0 Å². The van der Waals surface area contributed by atoms with Gasteiger partial charge in [0.15, 0.2) is 0 Å². The Bertz CT molecular complexity index is 749. The van der Waals surface area contributed by atoms with Crippen molar-refractivity contribution < 1.29 is 4.79 Å². The summed E-state index contributed by atoms with van der Waals surface area (Å²) in [7, 11) is 0. The first-order chi connectivity index (χ1) is 11.1. The zero-order chi connectivity index (χ0) is 16.7. The van der Waals surface area contributed by atoms with Crippen molar-refractivity contribution in [3.8, 4) is 6.07 Å². The largest absolute Gasteiger partial charge is 0.360 e. The summed E-state index contributed by atoms with van der Waals surface area (Å²) in [5.74, 6) is -0.438. The maximum atomic E-state index is 12.0. The average molecular weight is 391 g/mol. The highest BCUT2D eigenvalue weighted by atomic mass is 79.9. The number of carbonyl (C=O) groups is 1. The minimum absolute atomic E-state index is 0.00174. The number of anilines is 1. The normalized spacial score (nSPS) is 10.7. The van der Waals surface area contributed by atoms with Gasteiger partial charge >= 0.3 is 0 Å². The molecule has 0 bridgehead atoms. The number of halogens is 2. The summed E-state index contributed by atoms with van der Waals surface area (Å²) in [6, 6.07) is 16.4. The molecule has 0 aliphatic carbocycles. The molecule has 2 rings (SSSR count). The first-order valence-corrected chi connectivity index (χ1v) is 7.90. The van der Waals surface area contributed by atoms with Gasteiger partial charge in [0, 0.05) is 27.9 Å². The van der Waals surface area contributed by atoms with Gasteiger partial charge in [0.25, 0.3) is 5.91 Å². The molecule has 0 aromatic heterocycles. The maximum absolute atomic E-state index is 12.0. The molecule has 6 heteroatoms. The van der Waals surface area contributed by atoms with E-state index in [0.29, 0.717) is 11.6 Å². The molecule has 4 nitrogen and oxygen atoms in total.